The van der Waals surface area contributed by atoms with E-state index in [4.69, 9.17) is 4.42 Å². The summed E-state index contributed by atoms with van der Waals surface area (Å²) < 4.78 is 6.16. The Kier molecular flexibility index (Phi) is 3.00. The predicted molar refractivity (Wildman–Crippen MR) is 88.5 cm³/mol. The molecule has 1 unspecified atom stereocenters. The van der Waals surface area contributed by atoms with E-state index in [0.29, 0.717) is 0 Å². The molecule has 1 aliphatic carbocycles. The van der Waals surface area contributed by atoms with Crippen LogP contribution in [0.5, 0.6) is 0 Å². The minimum absolute atomic E-state index is 0.139. The third-order valence-corrected chi connectivity index (χ3v) is 5.73. The Morgan fingerprint density at radius 3 is 2.50 bits per heavy atom. The minimum Gasteiger partial charge on any atom is -0.457 e. The Labute approximate surface area is 134 Å². The summed E-state index contributed by atoms with van der Waals surface area (Å²) >= 11 is 7.30. The van der Waals surface area contributed by atoms with Crippen molar-refractivity contribution in [1.82, 2.24) is 0 Å². The molecule has 0 amide bonds. The monoisotopic (exact) mass is 390 g/mol. The Hall–Kier alpha value is -1.06. The molecule has 20 heavy (non-hydrogen) atoms. The molecule has 1 aliphatic rings. The number of furan rings is 1. The quantitative estimate of drug-likeness (QED) is 0.504. The topological polar surface area (TPSA) is 13.1 Å². The number of alkyl halides is 1. The van der Waals surface area contributed by atoms with Crippen LogP contribution in [0.25, 0.3) is 10.8 Å². The number of hydrogen-bond acceptors (Lipinski definition) is 1. The van der Waals surface area contributed by atoms with Gasteiger partial charge in [0.05, 0.1) is 11.1 Å². The molecule has 0 radical (unpaired) electrons. The van der Waals surface area contributed by atoms with Crippen LogP contribution in [-0.4, -0.2) is 0 Å². The minimum atomic E-state index is 0.139. The largest absolute Gasteiger partial charge is 0.457 e. The van der Waals surface area contributed by atoms with E-state index in [1.165, 1.54) is 40.3 Å². The van der Waals surface area contributed by atoms with Gasteiger partial charge in [-0.05, 0) is 62.3 Å². The van der Waals surface area contributed by atoms with Gasteiger partial charge in [-0.3, -0.25) is 0 Å². The normalized spacial score (nSPS) is 14.9. The van der Waals surface area contributed by atoms with Gasteiger partial charge in [-0.1, -0.05) is 46.3 Å². The fourth-order valence-electron chi connectivity index (χ4n) is 3.14. The molecule has 3 heteroatoms. The Morgan fingerprint density at radius 1 is 0.950 bits per heavy atom. The smallest absolute Gasteiger partial charge is 0.173 e. The second-order valence-corrected chi connectivity index (χ2v) is 6.80. The van der Waals surface area contributed by atoms with E-state index in [9.17, 15) is 0 Å². The van der Waals surface area contributed by atoms with E-state index in [-0.39, 0.29) is 4.83 Å². The molecule has 3 aromatic rings. The van der Waals surface area contributed by atoms with Crippen molar-refractivity contribution in [1.29, 1.82) is 0 Å². The summed E-state index contributed by atoms with van der Waals surface area (Å²) in [6.45, 7) is 0. The van der Waals surface area contributed by atoms with Gasteiger partial charge in [0.15, 0.2) is 4.67 Å². The van der Waals surface area contributed by atoms with Crippen LogP contribution in [0.4, 0.5) is 0 Å². The van der Waals surface area contributed by atoms with E-state index >= 15 is 0 Å². The van der Waals surface area contributed by atoms with Crippen molar-refractivity contribution < 1.29 is 4.42 Å². The maximum atomic E-state index is 5.37. The first-order chi connectivity index (χ1) is 9.75. The summed E-state index contributed by atoms with van der Waals surface area (Å²) in [5.74, 6) is 0. The van der Waals surface area contributed by atoms with E-state index in [1.54, 1.807) is 6.26 Å². The lowest BCUT2D eigenvalue weighted by Crippen LogP contribution is -1.94. The highest BCUT2D eigenvalue weighted by molar-refractivity contribution is 9.10. The lowest BCUT2D eigenvalue weighted by atomic mass is 9.96. The van der Waals surface area contributed by atoms with Gasteiger partial charge in [0.25, 0.3) is 0 Å². The van der Waals surface area contributed by atoms with Crippen LogP contribution in [-0.2, 0) is 12.8 Å². The van der Waals surface area contributed by atoms with Crippen LogP contribution in [0.3, 0.4) is 0 Å². The fraction of sp³-hybridized carbons (Fsp3) is 0.176. The third-order valence-electron chi connectivity index (χ3n) is 4.10. The molecular formula is C17H12Br2O. The Bertz CT molecular complexity index is 794. The SMILES string of the molecule is Brc1occc1C(Br)c1ccc2c3c(cccc13)CC2. The molecule has 2 aromatic carbocycles. The molecule has 1 aromatic heterocycles. The Balaban J connectivity index is 1.96. The molecule has 0 N–H and O–H groups in total. The highest BCUT2D eigenvalue weighted by Gasteiger charge is 2.21. The molecule has 0 saturated carbocycles. The highest BCUT2D eigenvalue weighted by Crippen LogP contribution is 2.42. The van der Waals surface area contributed by atoms with Gasteiger partial charge in [-0.2, -0.15) is 0 Å². The van der Waals surface area contributed by atoms with Gasteiger partial charge in [0, 0.05) is 5.56 Å². The van der Waals surface area contributed by atoms with Crippen molar-refractivity contribution in [3.63, 3.8) is 0 Å². The van der Waals surface area contributed by atoms with Crippen LogP contribution in [0.15, 0.2) is 51.7 Å². The number of hydrogen-bond donors (Lipinski definition) is 0. The maximum Gasteiger partial charge on any atom is 0.173 e. The zero-order chi connectivity index (χ0) is 13.7. The molecule has 0 fully saturated rings. The summed E-state index contributed by atoms with van der Waals surface area (Å²) in [6.07, 6.45) is 4.05. The van der Waals surface area contributed by atoms with Crippen molar-refractivity contribution in [2.45, 2.75) is 17.7 Å². The lowest BCUT2D eigenvalue weighted by Gasteiger charge is -2.14. The molecule has 4 rings (SSSR count). The van der Waals surface area contributed by atoms with E-state index in [0.717, 1.165) is 10.2 Å². The summed E-state index contributed by atoms with van der Waals surface area (Å²) in [4.78, 5) is 0.139. The Morgan fingerprint density at radius 2 is 1.75 bits per heavy atom. The second kappa shape index (κ2) is 4.74. The zero-order valence-electron chi connectivity index (χ0n) is 10.7. The van der Waals surface area contributed by atoms with Crippen molar-refractivity contribution in [3.8, 4) is 0 Å². The molecule has 1 heterocycles. The maximum absolute atomic E-state index is 5.37. The van der Waals surface area contributed by atoms with Gasteiger partial charge in [-0.25, -0.2) is 0 Å². The zero-order valence-corrected chi connectivity index (χ0v) is 13.9. The predicted octanol–water partition coefficient (Wildman–Crippen LogP) is 5.78. The standard InChI is InChI=1S/C17H12Br2O/c18-16(14-8-9-20-17(14)19)13-7-6-11-5-4-10-2-1-3-12(13)15(10)11/h1-3,6-9,16H,4-5H2. The highest BCUT2D eigenvalue weighted by atomic mass is 79.9. The average molecular weight is 392 g/mol. The number of aryl methyl sites for hydroxylation is 2. The molecule has 0 spiro atoms. The van der Waals surface area contributed by atoms with Crippen molar-refractivity contribution in [3.05, 3.63) is 69.6 Å². The number of rotatable bonds is 2. The summed E-state index contributed by atoms with van der Waals surface area (Å²) in [5, 5.41) is 2.81. The number of halogens is 2. The van der Waals surface area contributed by atoms with Gasteiger partial charge in [-0.15, -0.1) is 0 Å². The van der Waals surface area contributed by atoms with Crippen LogP contribution < -0.4 is 0 Å². The van der Waals surface area contributed by atoms with Crippen LogP contribution in [0.1, 0.15) is 27.1 Å². The summed E-state index contributed by atoms with van der Waals surface area (Å²) in [5.41, 5.74) is 5.38. The van der Waals surface area contributed by atoms with Gasteiger partial charge in [0.2, 0.25) is 0 Å². The summed E-state index contributed by atoms with van der Waals surface area (Å²) in [6, 6.07) is 13.2. The van der Waals surface area contributed by atoms with Gasteiger partial charge >= 0.3 is 0 Å². The van der Waals surface area contributed by atoms with Crippen LogP contribution >= 0.6 is 31.9 Å². The molecule has 1 atom stereocenters. The molecule has 0 bridgehead atoms. The third kappa shape index (κ3) is 1.80. The van der Waals surface area contributed by atoms with E-state index in [1.807, 2.05) is 6.07 Å². The number of benzene rings is 2. The van der Waals surface area contributed by atoms with Crippen molar-refractivity contribution in [2.75, 3.05) is 0 Å². The van der Waals surface area contributed by atoms with E-state index in [2.05, 4.69) is 62.2 Å². The molecular weight excluding hydrogens is 380 g/mol. The first kappa shape index (κ1) is 12.7. The van der Waals surface area contributed by atoms with Gasteiger partial charge < -0.3 is 4.42 Å². The van der Waals surface area contributed by atoms with Crippen molar-refractivity contribution >= 4 is 42.6 Å². The second-order valence-electron chi connectivity index (χ2n) is 5.17. The first-order valence-corrected chi connectivity index (χ1v) is 8.37. The average Bonchev–Trinajstić information content (AvgIpc) is 3.07. The van der Waals surface area contributed by atoms with Crippen LogP contribution in [0, 0.1) is 0 Å². The van der Waals surface area contributed by atoms with E-state index < -0.39 is 0 Å². The van der Waals surface area contributed by atoms with Gasteiger partial charge in [0.1, 0.15) is 0 Å². The molecule has 1 nitrogen and oxygen atoms in total. The molecule has 100 valence electrons. The fourth-order valence-corrected chi connectivity index (χ4v) is 4.68. The summed E-state index contributed by atoms with van der Waals surface area (Å²) in [7, 11) is 0. The molecule has 0 saturated heterocycles. The first-order valence-electron chi connectivity index (χ1n) is 6.66. The lowest BCUT2D eigenvalue weighted by molar-refractivity contribution is 0.537. The molecule has 0 aliphatic heterocycles. The van der Waals surface area contributed by atoms with Crippen LogP contribution in [0.2, 0.25) is 0 Å². The van der Waals surface area contributed by atoms with Crippen molar-refractivity contribution in [2.24, 2.45) is 0 Å².